The van der Waals surface area contributed by atoms with Crippen LogP contribution < -0.4 is 0 Å². The van der Waals surface area contributed by atoms with Crippen molar-refractivity contribution in [1.29, 1.82) is 0 Å². The molecule has 20 heavy (non-hydrogen) atoms. The lowest BCUT2D eigenvalue weighted by atomic mass is 10.1. The van der Waals surface area contributed by atoms with Gasteiger partial charge in [0, 0.05) is 10.5 Å². The molecule has 102 valence electrons. The maximum absolute atomic E-state index is 12.0. The van der Waals surface area contributed by atoms with Crippen molar-refractivity contribution in [3.05, 3.63) is 64.7 Å². The van der Waals surface area contributed by atoms with E-state index in [0.717, 1.165) is 10.5 Å². The van der Waals surface area contributed by atoms with Gasteiger partial charge in [-0.3, -0.25) is 4.79 Å². The number of ketones is 1. The number of allylic oxidation sites excluding steroid dienone is 1. The molecule has 0 atom stereocenters. The molecule has 0 bridgehead atoms. The van der Waals surface area contributed by atoms with Gasteiger partial charge in [0.05, 0.1) is 5.02 Å². The predicted molar refractivity (Wildman–Crippen MR) is 84.7 cm³/mol. The molecule has 2 aromatic carbocycles. The second kappa shape index (κ2) is 6.64. The van der Waals surface area contributed by atoms with Gasteiger partial charge in [0.1, 0.15) is 5.75 Å². The zero-order valence-electron chi connectivity index (χ0n) is 10.8. The number of hydrogen-bond acceptors (Lipinski definition) is 3. The van der Waals surface area contributed by atoms with Crippen molar-refractivity contribution >= 4 is 35.2 Å². The lowest BCUT2D eigenvalue weighted by Crippen LogP contribution is -1.93. The summed E-state index contributed by atoms with van der Waals surface area (Å²) in [6.07, 6.45) is 5.16. The van der Waals surface area contributed by atoms with Crippen molar-refractivity contribution in [3.8, 4) is 5.75 Å². The Morgan fingerprint density at radius 2 is 1.90 bits per heavy atom. The van der Waals surface area contributed by atoms with E-state index in [4.69, 9.17) is 11.6 Å². The topological polar surface area (TPSA) is 37.3 Å². The molecule has 0 radical (unpaired) electrons. The largest absolute Gasteiger partial charge is 0.506 e. The Morgan fingerprint density at radius 3 is 2.50 bits per heavy atom. The van der Waals surface area contributed by atoms with E-state index < -0.39 is 0 Å². The highest BCUT2D eigenvalue weighted by atomic mass is 35.5. The summed E-state index contributed by atoms with van der Waals surface area (Å²) >= 11 is 7.44. The van der Waals surface area contributed by atoms with E-state index in [9.17, 15) is 9.90 Å². The number of rotatable bonds is 4. The Hall–Kier alpha value is -1.71. The number of hydrogen-bond donors (Lipinski definition) is 1. The van der Waals surface area contributed by atoms with Gasteiger partial charge in [-0.15, -0.1) is 11.8 Å². The van der Waals surface area contributed by atoms with Gasteiger partial charge in [-0.25, -0.2) is 0 Å². The normalized spacial score (nSPS) is 10.9. The summed E-state index contributed by atoms with van der Waals surface area (Å²) in [5, 5.41) is 9.59. The maximum Gasteiger partial charge on any atom is 0.185 e. The molecule has 0 aliphatic heterocycles. The van der Waals surface area contributed by atoms with Crippen LogP contribution in [-0.4, -0.2) is 17.1 Å². The van der Waals surface area contributed by atoms with Crippen LogP contribution in [0.4, 0.5) is 0 Å². The van der Waals surface area contributed by atoms with E-state index in [1.807, 2.05) is 30.5 Å². The fraction of sp³-hybridized carbons (Fsp3) is 0.0625. The molecule has 2 nitrogen and oxygen atoms in total. The zero-order chi connectivity index (χ0) is 14.5. The van der Waals surface area contributed by atoms with Gasteiger partial charge < -0.3 is 5.11 Å². The lowest BCUT2D eigenvalue weighted by molar-refractivity contribution is 0.104. The molecule has 0 aliphatic carbocycles. The summed E-state index contributed by atoms with van der Waals surface area (Å²) in [4.78, 5) is 13.1. The van der Waals surface area contributed by atoms with Gasteiger partial charge in [-0.1, -0.05) is 23.7 Å². The highest BCUT2D eigenvalue weighted by Crippen LogP contribution is 2.24. The standard InChI is InChI=1S/C16H13ClO2S/c1-20-13-6-4-12(5-7-13)15(18)8-2-11-3-9-16(19)14(17)10-11/h2-10,19H,1H3. The molecular formula is C16H13ClO2S. The predicted octanol–water partition coefficient (Wildman–Crippen LogP) is 4.66. The Morgan fingerprint density at radius 1 is 1.20 bits per heavy atom. The molecule has 0 saturated heterocycles. The third-order valence-corrected chi connectivity index (χ3v) is 3.82. The minimum Gasteiger partial charge on any atom is -0.506 e. The van der Waals surface area contributed by atoms with Crippen LogP contribution in [0.25, 0.3) is 6.08 Å². The number of carbonyl (C=O) groups is 1. The first-order valence-corrected chi connectivity index (χ1v) is 7.55. The molecule has 2 rings (SSSR count). The van der Waals surface area contributed by atoms with Crippen LogP contribution in [0.2, 0.25) is 5.02 Å². The van der Waals surface area contributed by atoms with Crippen LogP contribution in [0.1, 0.15) is 15.9 Å². The number of thioether (sulfide) groups is 1. The van der Waals surface area contributed by atoms with Gasteiger partial charge >= 0.3 is 0 Å². The molecule has 0 aliphatic rings. The highest BCUT2D eigenvalue weighted by Gasteiger charge is 2.02. The third-order valence-electron chi connectivity index (χ3n) is 2.77. The first-order chi connectivity index (χ1) is 9.60. The summed E-state index contributed by atoms with van der Waals surface area (Å²) in [6.45, 7) is 0. The second-order valence-electron chi connectivity index (χ2n) is 4.14. The van der Waals surface area contributed by atoms with Gasteiger partial charge in [0.15, 0.2) is 5.78 Å². The number of carbonyl (C=O) groups excluding carboxylic acids is 1. The fourth-order valence-corrected chi connectivity index (χ4v) is 2.25. The molecule has 0 fully saturated rings. The van der Waals surface area contributed by atoms with Crippen LogP contribution in [0.5, 0.6) is 5.75 Å². The van der Waals surface area contributed by atoms with Gasteiger partial charge in [0.2, 0.25) is 0 Å². The first-order valence-electron chi connectivity index (χ1n) is 5.95. The first kappa shape index (κ1) is 14.7. The SMILES string of the molecule is CSc1ccc(C(=O)C=Cc2ccc(O)c(Cl)c2)cc1. The molecular weight excluding hydrogens is 292 g/mol. The van der Waals surface area contributed by atoms with Crippen molar-refractivity contribution in [2.45, 2.75) is 4.90 Å². The average Bonchev–Trinajstić information content (AvgIpc) is 2.48. The Kier molecular flexibility index (Phi) is 4.88. The highest BCUT2D eigenvalue weighted by molar-refractivity contribution is 7.98. The van der Waals surface area contributed by atoms with Gasteiger partial charge in [-0.2, -0.15) is 0 Å². The molecule has 0 saturated carbocycles. The number of phenolic OH excluding ortho intramolecular Hbond substituents is 1. The van der Waals surface area contributed by atoms with Crippen LogP contribution in [0, 0.1) is 0 Å². The van der Waals surface area contributed by atoms with Crippen molar-refractivity contribution in [2.24, 2.45) is 0 Å². The molecule has 0 unspecified atom stereocenters. The average molecular weight is 305 g/mol. The molecule has 0 spiro atoms. The minimum absolute atomic E-state index is 0.0304. The van der Waals surface area contributed by atoms with Crippen LogP contribution >= 0.6 is 23.4 Å². The summed E-state index contributed by atoms with van der Waals surface area (Å²) in [5.41, 5.74) is 1.41. The molecule has 4 heteroatoms. The molecule has 0 heterocycles. The van der Waals surface area contributed by atoms with E-state index in [-0.39, 0.29) is 16.6 Å². The second-order valence-corrected chi connectivity index (χ2v) is 5.42. The Bertz CT molecular complexity index is 648. The van der Waals surface area contributed by atoms with E-state index >= 15 is 0 Å². The van der Waals surface area contributed by atoms with Crippen molar-refractivity contribution in [1.82, 2.24) is 0 Å². The van der Waals surface area contributed by atoms with E-state index in [0.29, 0.717) is 5.56 Å². The number of benzene rings is 2. The van der Waals surface area contributed by atoms with Crippen molar-refractivity contribution in [3.63, 3.8) is 0 Å². The van der Waals surface area contributed by atoms with E-state index in [1.165, 1.54) is 12.1 Å². The molecule has 2 aromatic rings. The van der Waals surface area contributed by atoms with E-state index in [1.54, 1.807) is 30.0 Å². The molecule has 0 amide bonds. The number of phenols is 1. The summed E-state index contributed by atoms with van der Waals surface area (Å²) in [7, 11) is 0. The van der Waals surface area contributed by atoms with E-state index in [2.05, 4.69) is 0 Å². The van der Waals surface area contributed by atoms with Gasteiger partial charge in [0.25, 0.3) is 0 Å². The summed E-state index contributed by atoms with van der Waals surface area (Å²) in [5.74, 6) is -0.0374. The fourth-order valence-electron chi connectivity index (χ4n) is 1.65. The van der Waals surface area contributed by atoms with Crippen molar-refractivity contribution < 1.29 is 9.90 Å². The molecule has 0 aromatic heterocycles. The van der Waals surface area contributed by atoms with Crippen LogP contribution in [-0.2, 0) is 0 Å². The molecule has 1 N–H and O–H groups in total. The minimum atomic E-state index is -0.0677. The van der Waals surface area contributed by atoms with Gasteiger partial charge in [-0.05, 0) is 54.3 Å². The third kappa shape index (κ3) is 3.65. The lowest BCUT2D eigenvalue weighted by Gasteiger charge is -1.99. The monoisotopic (exact) mass is 304 g/mol. The Balaban J connectivity index is 2.13. The van der Waals surface area contributed by atoms with Crippen molar-refractivity contribution in [2.75, 3.05) is 6.26 Å². The van der Waals surface area contributed by atoms with Crippen LogP contribution in [0.15, 0.2) is 53.4 Å². The van der Waals surface area contributed by atoms with Crippen LogP contribution in [0.3, 0.4) is 0 Å². The maximum atomic E-state index is 12.0. The summed E-state index contributed by atoms with van der Waals surface area (Å²) < 4.78 is 0. The zero-order valence-corrected chi connectivity index (χ0v) is 12.4. The summed E-state index contributed by atoms with van der Waals surface area (Å²) in [6, 6.07) is 12.3. The smallest absolute Gasteiger partial charge is 0.185 e. The number of halogens is 1. The quantitative estimate of drug-likeness (QED) is 0.507. The Labute approximate surface area is 127 Å². The number of aromatic hydroxyl groups is 1.